The van der Waals surface area contributed by atoms with Crippen molar-refractivity contribution in [2.24, 2.45) is 0 Å². The fourth-order valence-corrected chi connectivity index (χ4v) is 8.99. The highest BCUT2D eigenvalue weighted by molar-refractivity contribution is 6.28. The highest BCUT2D eigenvalue weighted by atomic mass is 16.3. The molecule has 0 radical (unpaired) electrons. The molecule has 0 fully saturated rings. The average Bonchev–Trinajstić information content (AvgIpc) is 3.81. The molecule has 0 spiro atoms. The Hall–Kier alpha value is -7.16. The lowest BCUT2D eigenvalue weighted by molar-refractivity contribution is 0.668. The Morgan fingerprint density at radius 1 is 0.259 bits per heavy atom. The zero-order valence-corrected chi connectivity index (χ0v) is 29.1. The van der Waals surface area contributed by atoms with Crippen LogP contribution in [0.4, 0.5) is 0 Å². The fraction of sp³-hybridized carbons (Fsp3) is 0. The molecule has 12 aromatic rings. The first-order valence-electron chi connectivity index (χ1n) is 18.5. The molecule has 54 heavy (non-hydrogen) atoms. The van der Waals surface area contributed by atoms with Crippen LogP contribution in [-0.4, -0.2) is 0 Å². The van der Waals surface area contributed by atoms with Gasteiger partial charge < -0.3 is 8.83 Å². The van der Waals surface area contributed by atoms with Gasteiger partial charge in [0.05, 0.1) is 0 Å². The van der Waals surface area contributed by atoms with Gasteiger partial charge in [0.15, 0.2) is 0 Å². The molecule has 0 N–H and O–H groups in total. The lowest BCUT2D eigenvalue weighted by Crippen LogP contribution is -1.91. The second kappa shape index (κ2) is 11.2. The van der Waals surface area contributed by atoms with Crippen LogP contribution in [0.2, 0.25) is 0 Å². The average molecular weight is 687 g/mol. The van der Waals surface area contributed by atoms with Crippen molar-refractivity contribution < 1.29 is 8.83 Å². The van der Waals surface area contributed by atoms with E-state index in [-0.39, 0.29) is 0 Å². The first-order chi connectivity index (χ1) is 26.8. The molecule has 250 valence electrons. The molecule has 2 aromatic heterocycles. The van der Waals surface area contributed by atoms with Crippen molar-refractivity contribution in [3.05, 3.63) is 182 Å². The number of hydrogen-bond donors (Lipinski definition) is 0. The maximum Gasteiger partial charge on any atom is 0.144 e. The summed E-state index contributed by atoms with van der Waals surface area (Å²) in [7, 11) is 0. The highest BCUT2D eigenvalue weighted by Crippen LogP contribution is 2.46. The lowest BCUT2D eigenvalue weighted by Gasteiger charge is -2.18. The Morgan fingerprint density at radius 2 is 0.815 bits per heavy atom. The van der Waals surface area contributed by atoms with Crippen molar-refractivity contribution >= 4 is 87.0 Å². The molecule has 10 aromatic carbocycles. The molecule has 0 amide bonds. The van der Waals surface area contributed by atoms with E-state index in [0.29, 0.717) is 0 Å². The molecule has 12 rings (SSSR count). The van der Waals surface area contributed by atoms with Gasteiger partial charge in [0.2, 0.25) is 0 Å². The number of fused-ring (bicyclic) bond motifs is 12. The van der Waals surface area contributed by atoms with E-state index in [2.05, 4.69) is 170 Å². The molecule has 0 saturated heterocycles. The largest absolute Gasteiger partial charge is 0.456 e. The van der Waals surface area contributed by atoms with Crippen LogP contribution in [0, 0.1) is 0 Å². The molecule has 0 saturated carbocycles. The topological polar surface area (TPSA) is 26.3 Å². The Bertz CT molecular complexity index is 3450. The van der Waals surface area contributed by atoms with Crippen molar-refractivity contribution in [3.63, 3.8) is 0 Å². The van der Waals surface area contributed by atoms with Gasteiger partial charge in [0, 0.05) is 26.9 Å². The van der Waals surface area contributed by atoms with Crippen LogP contribution in [0.3, 0.4) is 0 Å². The number of furan rings is 2. The molecule has 2 heteroatoms. The van der Waals surface area contributed by atoms with Gasteiger partial charge in [-0.05, 0) is 114 Å². The summed E-state index contributed by atoms with van der Waals surface area (Å²) in [5, 5.41) is 14.2. The van der Waals surface area contributed by atoms with Gasteiger partial charge in [-0.25, -0.2) is 0 Å². The van der Waals surface area contributed by atoms with E-state index in [0.717, 1.165) is 60.2 Å². The second-order valence-electron chi connectivity index (χ2n) is 14.4. The lowest BCUT2D eigenvalue weighted by atomic mass is 9.85. The Kier molecular flexibility index (Phi) is 6.09. The van der Waals surface area contributed by atoms with E-state index in [4.69, 9.17) is 8.83 Å². The molecule has 0 aliphatic rings. The number of rotatable bonds is 3. The van der Waals surface area contributed by atoms with Crippen molar-refractivity contribution in [1.82, 2.24) is 0 Å². The maximum absolute atomic E-state index is 6.70. The maximum atomic E-state index is 6.70. The van der Waals surface area contributed by atoms with E-state index in [1.165, 1.54) is 60.1 Å². The highest BCUT2D eigenvalue weighted by Gasteiger charge is 2.19. The van der Waals surface area contributed by atoms with Gasteiger partial charge in [-0.3, -0.25) is 0 Å². The molecular weight excluding hydrogens is 657 g/mol. The van der Waals surface area contributed by atoms with Gasteiger partial charge in [-0.1, -0.05) is 140 Å². The molecule has 0 aliphatic carbocycles. The fourth-order valence-electron chi connectivity index (χ4n) is 8.99. The SMILES string of the molecule is c1cc(-c2ccc3oc4c(ccc5ccc6oc7ccccc7c6c54)c3c2)cc(-c2c3ccccc3c(-c3ccc4ccccc4c3)c3ccccc23)c1. The predicted molar refractivity (Wildman–Crippen MR) is 227 cm³/mol. The Morgan fingerprint density at radius 3 is 1.59 bits per heavy atom. The van der Waals surface area contributed by atoms with Gasteiger partial charge in [-0.15, -0.1) is 0 Å². The summed E-state index contributed by atoms with van der Waals surface area (Å²) < 4.78 is 13.0. The standard InChI is InChI=1S/C52H30O2/c1-2-11-33-28-37(21-20-31(33)10-1)49-40-16-5-3-14-38(40)48(39-15-4-6-17-41(39)49)36-13-9-12-34(29-36)35-24-26-46-44(30-35)42-25-22-32-23-27-47-51(50(32)52(42)54-46)43-18-7-8-19-45(43)53-47/h1-30H. The zero-order chi connectivity index (χ0) is 35.3. The van der Waals surface area contributed by atoms with Crippen molar-refractivity contribution in [1.29, 1.82) is 0 Å². The molecule has 2 nitrogen and oxygen atoms in total. The minimum absolute atomic E-state index is 0.875. The molecule has 0 unspecified atom stereocenters. The molecule has 2 heterocycles. The van der Waals surface area contributed by atoms with E-state index in [9.17, 15) is 0 Å². The third-order valence-corrected chi connectivity index (χ3v) is 11.4. The van der Waals surface area contributed by atoms with Crippen LogP contribution in [-0.2, 0) is 0 Å². The second-order valence-corrected chi connectivity index (χ2v) is 14.4. The zero-order valence-electron chi connectivity index (χ0n) is 29.1. The summed E-state index contributed by atoms with van der Waals surface area (Å²) >= 11 is 0. The van der Waals surface area contributed by atoms with Gasteiger partial charge >= 0.3 is 0 Å². The number of benzene rings is 10. The number of hydrogen-bond acceptors (Lipinski definition) is 2. The molecule has 0 bridgehead atoms. The van der Waals surface area contributed by atoms with Gasteiger partial charge in [0.1, 0.15) is 22.3 Å². The monoisotopic (exact) mass is 686 g/mol. The normalized spacial score (nSPS) is 12.1. The van der Waals surface area contributed by atoms with Crippen LogP contribution >= 0.6 is 0 Å². The van der Waals surface area contributed by atoms with Crippen LogP contribution in [0.15, 0.2) is 191 Å². The van der Waals surface area contributed by atoms with Crippen molar-refractivity contribution in [2.75, 3.05) is 0 Å². The van der Waals surface area contributed by atoms with Crippen LogP contribution in [0.1, 0.15) is 0 Å². The van der Waals surface area contributed by atoms with Crippen LogP contribution in [0.25, 0.3) is 120 Å². The minimum Gasteiger partial charge on any atom is -0.456 e. The predicted octanol–water partition coefficient (Wildman–Crippen LogP) is 15.1. The van der Waals surface area contributed by atoms with E-state index >= 15 is 0 Å². The number of para-hydroxylation sites is 1. The quantitative estimate of drug-likeness (QED) is 0.173. The van der Waals surface area contributed by atoms with Crippen LogP contribution < -0.4 is 0 Å². The summed E-state index contributed by atoms with van der Waals surface area (Å²) in [4.78, 5) is 0. The smallest absolute Gasteiger partial charge is 0.144 e. The van der Waals surface area contributed by atoms with Crippen molar-refractivity contribution in [3.8, 4) is 33.4 Å². The summed E-state index contributed by atoms with van der Waals surface area (Å²) in [6.07, 6.45) is 0. The summed E-state index contributed by atoms with van der Waals surface area (Å²) in [6.45, 7) is 0. The Labute approximate surface area is 310 Å². The van der Waals surface area contributed by atoms with Crippen LogP contribution in [0.5, 0.6) is 0 Å². The first-order valence-corrected chi connectivity index (χ1v) is 18.5. The third kappa shape index (κ3) is 4.22. The van der Waals surface area contributed by atoms with Gasteiger partial charge in [-0.2, -0.15) is 0 Å². The Balaban J connectivity index is 1.05. The van der Waals surface area contributed by atoms with E-state index < -0.39 is 0 Å². The van der Waals surface area contributed by atoms with E-state index in [1.54, 1.807) is 0 Å². The molecule has 0 atom stereocenters. The molecule has 0 aliphatic heterocycles. The summed E-state index contributed by atoms with van der Waals surface area (Å²) in [6, 6.07) is 65.7. The summed E-state index contributed by atoms with van der Waals surface area (Å²) in [5.74, 6) is 0. The minimum atomic E-state index is 0.875. The van der Waals surface area contributed by atoms with E-state index in [1.807, 2.05) is 12.1 Å². The molecular formula is C52H30O2. The first kappa shape index (κ1) is 29.4. The van der Waals surface area contributed by atoms with Crippen molar-refractivity contribution in [2.45, 2.75) is 0 Å². The summed E-state index contributed by atoms with van der Waals surface area (Å²) in [5.41, 5.74) is 10.8. The third-order valence-electron chi connectivity index (χ3n) is 11.4. The van der Waals surface area contributed by atoms with Gasteiger partial charge in [0.25, 0.3) is 0 Å².